The van der Waals surface area contributed by atoms with E-state index in [1.165, 1.54) is 6.92 Å². The van der Waals surface area contributed by atoms with E-state index in [9.17, 15) is 50.4 Å². The number of carbonyl (C=O) groups excluding carboxylic acids is 2. The lowest BCUT2D eigenvalue weighted by molar-refractivity contribution is -0.291. The lowest BCUT2D eigenvalue weighted by atomic mass is 9.39. The first-order chi connectivity index (χ1) is 21.9. The normalized spacial score (nSPS) is 46.0. The van der Waals surface area contributed by atoms with Crippen LogP contribution in [-0.4, -0.2) is 113 Å². The Morgan fingerprint density at radius 3 is 2.19 bits per heavy atom. The van der Waals surface area contributed by atoms with Crippen LogP contribution in [0.3, 0.4) is 0 Å². The quantitative estimate of drug-likeness (QED) is 0.168. The van der Waals surface area contributed by atoms with Crippen molar-refractivity contribution in [2.24, 2.45) is 39.4 Å². The number of ether oxygens (including phenoxy) is 2. The second-order valence-corrected chi connectivity index (χ2v) is 17.3. The summed E-state index contributed by atoms with van der Waals surface area (Å²) in [7, 11) is 0. The van der Waals surface area contributed by atoms with Gasteiger partial charge in [0.2, 0.25) is 12.1 Å². The molecule has 0 radical (unpaired) electrons. The van der Waals surface area contributed by atoms with Gasteiger partial charge in [0, 0.05) is 23.7 Å². The van der Waals surface area contributed by atoms with Crippen LogP contribution in [-0.2, 0) is 19.1 Å². The van der Waals surface area contributed by atoms with E-state index in [4.69, 9.17) is 9.47 Å². The number of aliphatic hydroxyl groups is 8. The van der Waals surface area contributed by atoms with Crippen molar-refractivity contribution in [1.82, 2.24) is 0 Å². The summed E-state index contributed by atoms with van der Waals surface area (Å²) in [6.45, 7) is 13.4. The molecule has 272 valence electrons. The van der Waals surface area contributed by atoms with Crippen LogP contribution in [0.25, 0.3) is 0 Å². The molecule has 2 saturated carbocycles. The standard InChI is InChI=1S/C36H56O12/c1-31(2,45)12-11-23(39)36(8,46)28-19(38)14-33(5)22-10-9-17-18(35(22,7)24(40)15-34(28,33)6)13-20(29(44)32(17,3)4)47-30-27(43)26(42)25(41)21(16-37)48-30/h9,13,18-19,21-23,25-28,30,37-39,41-43,45-46H,10-12,14-16H2,1-8H3/t18-,19-,21-,22+,23+,25-,26+,27-,28+,30-,33+,34-,35+,36+/m1/s1. The van der Waals surface area contributed by atoms with Crippen LogP contribution in [0.2, 0.25) is 0 Å². The molecule has 8 N–H and O–H groups in total. The van der Waals surface area contributed by atoms with Gasteiger partial charge in [-0.2, -0.15) is 0 Å². The third-order valence-corrected chi connectivity index (χ3v) is 13.4. The highest BCUT2D eigenvalue weighted by molar-refractivity contribution is 6.02. The number of hydrogen-bond donors (Lipinski definition) is 8. The fourth-order valence-corrected chi connectivity index (χ4v) is 10.4. The van der Waals surface area contributed by atoms with Crippen LogP contribution in [0.15, 0.2) is 23.5 Å². The molecule has 12 nitrogen and oxygen atoms in total. The monoisotopic (exact) mass is 680 g/mol. The maximum Gasteiger partial charge on any atom is 0.229 e. The first kappa shape index (κ1) is 37.5. The average Bonchev–Trinajstić information content (AvgIpc) is 3.19. The molecule has 1 saturated heterocycles. The number of ketones is 2. The molecule has 0 aromatic carbocycles. The maximum atomic E-state index is 14.7. The minimum atomic E-state index is -1.77. The number of hydrogen-bond acceptors (Lipinski definition) is 12. The zero-order chi connectivity index (χ0) is 36.2. The molecule has 12 heteroatoms. The summed E-state index contributed by atoms with van der Waals surface area (Å²) in [6, 6.07) is 0. The van der Waals surface area contributed by atoms with Gasteiger partial charge in [0.05, 0.1) is 35.4 Å². The molecule has 14 atom stereocenters. The van der Waals surface area contributed by atoms with E-state index < -0.39 is 100 Å². The van der Waals surface area contributed by atoms with Crippen LogP contribution < -0.4 is 0 Å². The molecule has 0 bridgehead atoms. The second-order valence-electron chi connectivity index (χ2n) is 17.3. The SMILES string of the molecule is CC(C)(O)CC[C@H](O)[C@](C)(O)[C@H]1[C@H](O)C[C@@]2(C)[C@@H]3CC=C4[C@@H](C=C(O[C@@H]5O[C@H](CO)[C@@H](O)[C@H](O)[C@H]5O)C(=O)C4(C)C)[C@]3(C)C(=O)C[C@]12C. The Morgan fingerprint density at radius 1 is 0.979 bits per heavy atom. The first-order valence-corrected chi connectivity index (χ1v) is 17.2. The summed E-state index contributed by atoms with van der Waals surface area (Å²) >= 11 is 0. The molecule has 5 rings (SSSR count). The van der Waals surface area contributed by atoms with E-state index >= 15 is 0 Å². The first-order valence-electron chi connectivity index (χ1n) is 17.2. The van der Waals surface area contributed by atoms with Crippen molar-refractivity contribution in [3.8, 4) is 0 Å². The predicted molar refractivity (Wildman–Crippen MR) is 172 cm³/mol. The van der Waals surface area contributed by atoms with Gasteiger partial charge in [0.15, 0.2) is 5.76 Å². The molecule has 0 amide bonds. The molecule has 48 heavy (non-hydrogen) atoms. The molecule has 0 unspecified atom stereocenters. The molecule has 1 heterocycles. The fraction of sp³-hybridized carbons (Fsp3) is 0.833. The third kappa shape index (κ3) is 5.36. The topological polar surface area (TPSA) is 214 Å². The Morgan fingerprint density at radius 2 is 1.60 bits per heavy atom. The number of rotatable bonds is 8. The molecular formula is C36H56O12. The molecule has 5 aliphatic rings. The Hall–Kier alpha value is -1.74. The molecule has 3 fully saturated rings. The Bertz CT molecular complexity index is 1360. The minimum absolute atomic E-state index is 0.00147. The summed E-state index contributed by atoms with van der Waals surface area (Å²) < 4.78 is 11.5. The van der Waals surface area contributed by atoms with Gasteiger partial charge in [-0.05, 0) is 83.1 Å². The summed E-state index contributed by atoms with van der Waals surface area (Å²) in [4.78, 5) is 28.6. The molecule has 0 spiro atoms. The minimum Gasteiger partial charge on any atom is -0.459 e. The lowest BCUT2D eigenvalue weighted by Gasteiger charge is -2.64. The summed E-state index contributed by atoms with van der Waals surface area (Å²) in [6.07, 6.45) is -5.54. The van der Waals surface area contributed by atoms with E-state index in [1.54, 1.807) is 33.8 Å². The van der Waals surface area contributed by atoms with E-state index in [0.717, 1.165) is 5.57 Å². The van der Waals surface area contributed by atoms with Crippen molar-refractivity contribution in [1.29, 1.82) is 0 Å². The fourth-order valence-electron chi connectivity index (χ4n) is 10.4. The van der Waals surface area contributed by atoms with Crippen LogP contribution in [0.5, 0.6) is 0 Å². The van der Waals surface area contributed by atoms with Gasteiger partial charge < -0.3 is 50.3 Å². The van der Waals surface area contributed by atoms with Crippen molar-refractivity contribution < 1.29 is 59.9 Å². The van der Waals surface area contributed by atoms with Crippen LogP contribution >= 0.6 is 0 Å². The lowest BCUT2D eigenvalue weighted by Crippen LogP contribution is -2.65. The van der Waals surface area contributed by atoms with E-state index in [-0.39, 0.29) is 43.1 Å². The zero-order valence-electron chi connectivity index (χ0n) is 29.4. The van der Waals surface area contributed by atoms with Gasteiger partial charge >= 0.3 is 0 Å². The highest BCUT2D eigenvalue weighted by Gasteiger charge is 2.74. The highest BCUT2D eigenvalue weighted by atomic mass is 16.7. The van der Waals surface area contributed by atoms with Gasteiger partial charge in [-0.3, -0.25) is 9.59 Å². The average molecular weight is 681 g/mol. The molecule has 1 aliphatic heterocycles. The van der Waals surface area contributed by atoms with E-state index in [2.05, 4.69) is 0 Å². The molecule has 0 aromatic rings. The Balaban J connectivity index is 1.53. The van der Waals surface area contributed by atoms with Crippen molar-refractivity contribution in [2.45, 2.75) is 142 Å². The van der Waals surface area contributed by atoms with Crippen molar-refractivity contribution in [3.63, 3.8) is 0 Å². The van der Waals surface area contributed by atoms with E-state index in [1.807, 2.05) is 26.8 Å². The van der Waals surface area contributed by atoms with Crippen LogP contribution in [0, 0.1) is 39.4 Å². The largest absolute Gasteiger partial charge is 0.459 e. The highest BCUT2D eigenvalue weighted by Crippen LogP contribution is 2.74. The van der Waals surface area contributed by atoms with Crippen molar-refractivity contribution in [2.75, 3.05) is 6.61 Å². The Labute approximate surface area is 282 Å². The summed E-state index contributed by atoms with van der Waals surface area (Å²) in [5, 5.41) is 86.0. The summed E-state index contributed by atoms with van der Waals surface area (Å²) in [5.74, 6) is -2.51. The van der Waals surface area contributed by atoms with Gasteiger partial charge in [-0.25, -0.2) is 0 Å². The predicted octanol–water partition coefficient (Wildman–Crippen LogP) is 0.894. The van der Waals surface area contributed by atoms with Gasteiger partial charge in [-0.1, -0.05) is 32.4 Å². The Kier molecular flexibility index (Phi) is 9.31. The smallest absolute Gasteiger partial charge is 0.229 e. The van der Waals surface area contributed by atoms with Gasteiger partial charge in [0.25, 0.3) is 0 Å². The molecule has 0 aromatic heterocycles. The zero-order valence-corrected chi connectivity index (χ0v) is 29.4. The maximum absolute atomic E-state index is 14.7. The number of carbonyl (C=O) groups is 2. The van der Waals surface area contributed by atoms with Crippen molar-refractivity contribution >= 4 is 11.6 Å². The summed E-state index contributed by atoms with van der Waals surface area (Å²) in [5.41, 5.74) is -5.89. The van der Waals surface area contributed by atoms with Crippen LogP contribution in [0.1, 0.15) is 87.5 Å². The van der Waals surface area contributed by atoms with Gasteiger partial charge in [-0.15, -0.1) is 0 Å². The van der Waals surface area contributed by atoms with Crippen LogP contribution in [0.4, 0.5) is 0 Å². The van der Waals surface area contributed by atoms with Gasteiger partial charge in [0.1, 0.15) is 30.2 Å². The number of allylic oxidation sites excluding steroid dienone is 4. The number of fused-ring (bicyclic) bond motifs is 5. The van der Waals surface area contributed by atoms with Crippen molar-refractivity contribution in [3.05, 3.63) is 23.5 Å². The number of Topliss-reactive ketones (excluding diaryl/α,β-unsaturated/α-hetero) is 2. The second kappa shape index (κ2) is 11.9. The van der Waals surface area contributed by atoms with E-state index in [0.29, 0.717) is 6.42 Å². The number of aliphatic hydroxyl groups excluding tert-OH is 6. The molecule has 4 aliphatic carbocycles. The molecular weight excluding hydrogens is 624 g/mol. The third-order valence-electron chi connectivity index (χ3n) is 13.4.